The Kier molecular flexibility index (Phi) is 5.55. The van der Waals surface area contributed by atoms with E-state index in [1.807, 2.05) is 44.2 Å². The number of amides is 1. The third-order valence-corrected chi connectivity index (χ3v) is 3.46. The van der Waals surface area contributed by atoms with Crippen molar-refractivity contribution in [3.8, 4) is 0 Å². The van der Waals surface area contributed by atoms with Crippen LogP contribution in [-0.2, 0) is 4.79 Å². The molecule has 114 valence electrons. The van der Waals surface area contributed by atoms with Crippen LogP contribution in [0.2, 0.25) is 5.02 Å². The van der Waals surface area contributed by atoms with Crippen molar-refractivity contribution in [2.45, 2.75) is 13.8 Å². The summed E-state index contributed by atoms with van der Waals surface area (Å²) in [5.41, 5.74) is 6.50. The van der Waals surface area contributed by atoms with E-state index in [1.54, 1.807) is 12.3 Å². The lowest BCUT2D eigenvalue weighted by Crippen LogP contribution is -2.26. The molecule has 0 aromatic heterocycles. The number of nitrogens with zero attached hydrogens (tertiary/aromatic N) is 1. The van der Waals surface area contributed by atoms with Crippen molar-refractivity contribution in [1.29, 1.82) is 0 Å². The number of carbonyl (C=O) groups excluding carboxylic acids is 1. The van der Waals surface area contributed by atoms with Crippen molar-refractivity contribution in [1.82, 2.24) is 5.43 Å². The van der Waals surface area contributed by atoms with Crippen LogP contribution in [0, 0.1) is 13.8 Å². The third kappa shape index (κ3) is 4.60. The fourth-order valence-electron chi connectivity index (χ4n) is 1.96. The quantitative estimate of drug-likeness (QED) is 0.655. The van der Waals surface area contributed by atoms with Gasteiger partial charge >= 0.3 is 0 Å². The molecule has 0 spiro atoms. The van der Waals surface area contributed by atoms with Gasteiger partial charge in [-0.25, -0.2) is 5.43 Å². The van der Waals surface area contributed by atoms with E-state index >= 15 is 0 Å². The van der Waals surface area contributed by atoms with Gasteiger partial charge in [0.05, 0.1) is 23.5 Å². The minimum Gasteiger partial charge on any atom is -0.375 e. The van der Waals surface area contributed by atoms with E-state index in [4.69, 9.17) is 11.6 Å². The molecule has 2 aromatic carbocycles. The molecule has 5 heteroatoms. The molecular formula is C17H18ClN3O. The minimum absolute atomic E-state index is 0.105. The first-order valence-corrected chi connectivity index (χ1v) is 7.31. The van der Waals surface area contributed by atoms with Gasteiger partial charge < -0.3 is 5.32 Å². The molecule has 2 aromatic rings. The number of benzene rings is 2. The molecule has 0 aliphatic carbocycles. The molecule has 22 heavy (non-hydrogen) atoms. The summed E-state index contributed by atoms with van der Waals surface area (Å²) in [5, 5.41) is 7.51. The van der Waals surface area contributed by atoms with Crippen LogP contribution >= 0.6 is 11.6 Å². The fourth-order valence-corrected chi connectivity index (χ4v) is 2.17. The number of rotatable bonds is 5. The number of hydrogen-bond donors (Lipinski definition) is 2. The maximum absolute atomic E-state index is 11.7. The average Bonchev–Trinajstić information content (AvgIpc) is 2.49. The van der Waals surface area contributed by atoms with E-state index in [2.05, 4.69) is 21.9 Å². The van der Waals surface area contributed by atoms with Gasteiger partial charge in [0.25, 0.3) is 5.91 Å². The molecule has 0 radical (unpaired) electrons. The number of carbonyl (C=O) groups is 1. The molecule has 2 N–H and O–H groups in total. The lowest BCUT2D eigenvalue weighted by atomic mass is 10.1. The molecule has 0 bridgehead atoms. The highest BCUT2D eigenvalue weighted by atomic mass is 35.5. The smallest absolute Gasteiger partial charge is 0.259 e. The molecule has 0 saturated carbocycles. The Morgan fingerprint density at radius 2 is 2.00 bits per heavy atom. The van der Waals surface area contributed by atoms with Crippen LogP contribution in [0.3, 0.4) is 0 Å². The Hall–Kier alpha value is -2.33. The summed E-state index contributed by atoms with van der Waals surface area (Å²) in [6, 6.07) is 13.3. The molecule has 0 aliphatic heterocycles. The van der Waals surface area contributed by atoms with Gasteiger partial charge in [0.1, 0.15) is 0 Å². The van der Waals surface area contributed by atoms with Crippen molar-refractivity contribution in [3.05, 3.63) is 64.2 Å². The molecule has 0 atom stereocenters. The second-order valence-corrected chi connectivity index (χ2v) is 5.39. The maximum Gasteiger partial charge on any atom is 0.259 e. The second-order valence-electron chi connectivity index (χ2n) is 4.99. The highest BCUT2D eigenvalue weighted by molar-refractivity contribution is 6.33. The Labute approximate surface area is 135 Å². The molecule has 0 fully saturated rings. The topological polar surface area (TPSA) is 53.5 Å². The molecule has 2 rings (SSSR count). The van der Waals surface area contributed by atoms with E-state index in [0.29, 0.717) is 5.02 Å². The molecule has 0 heterocycles. The Morgan fingerprint density at radius 1 is 1.23 bits per heavy atom. The number of hydrogen-bond acceptors (Lipinski definition) is 3. The van der Waals surface area contributed by atoms with Crippen molar-refractivity contribution >= 4 is 29.4 Å². The number of para-hydroxylation sites is 1. The van der Waals surface area contributed by atoms with Crippen LogP contribution < -0.4 is 10.7 Å². The van der Waals surface area contributed by atoms with Gasteiger partial charge in [0.2, 0.25) is 0 Å². The summed E-state index contributed by atoms with van der Waals surface area (Å²) in [6.45, 7) is 4.15. The monoisotopic (exact) mass is 315 g/mol. The SMILES string of the molecule is Cc1ccc(C=NNC(=O)CNc2ccccc2Cl)c(C)c1. The molecule has 0 saturated heterocycles. The van der Waals surface area contributed by atoms with Gasteiger partial charge in [0.15, 0.2) is 0 Å². The van der Waals surface area contributed by atoms with Gasteiger partial charge in [-0.2, -0.15) is 5.10 Å². The predicted molar refractivity (Wildman–Crippen MR) is 91.6 cm³/mol. The fraction of sp³-hybridized carbons (Fsp3) is 0.176. The minimum atomic E-state index is -0.235. The van der Waals surface area contributed by atoms with Crippen LogP contribution in [-0.4, -0.2) is 18.7 Å². The summed E-state index contributed by atoms with van der Waals surface area (Å²) < 4.78 is 0. The maximum atomic E-state index is 11.7. The number of halogens is 1. The van der Waals surface area contributed by atoms with Crippen LogP contribution in [0.5, 0.6) is 0 Å². The highest BCUT2D eigenvalue weighted by Crippen LogP contribution is 2.19. The van der Waals surface area contributed by atoms with Crippen LogP contribution in [0.15, 0.2) is 47.6 Å². The molecule has 1 amide bonds. The number of aryl methyl sites for hydroxylation is 2. The van der Waals surface area contributed by atoms with E-state index in [0.717, 1.165) is 16.8 Å². The predicted octanol–water partition coefficient (Wildman–Crippen LogP) is 3.52. The summed E-state index contributed by atoms with van der Waals surface area (Å²) in [6.07, 6.45) is 1.64. The summed E-state index contributed by atoms with van der Waals surface area (Å²) in [7, 11) is 0. The zero-order valence-corrected chi connectivity index (χ0v) is 13.3. The summed E-state index contributed by atoms with van der Waals surface area (Å²) in [4.78, 5) is 11.7. The van der Waals surface area contributed by atoms with E-state index < -0.39 is 0 Å². The summed E-state index contributed by atoms with van der Waals surface area (Å²) >= 11 is 6.00. The number of anilines is 1. The molecular weight excluding hydrogens is 298 g/mol. The second kappa shape index (κ2) is 7.61. The zero-order valence-electron chi connectivity index (χ0n) is 12.6. The highest BCUT2D eigenvalue weighted by Gasteiger charge is 2.02. The standard InChI is InChI=1S/C17H18ClN3O/c1-12-7-8-14(13(2)9-12)10-20-21-17(22)11-19-16-6-4-3-5-15(16)18/h3-10,19H,11H2,1-2H3,(H,21,22). The average molecular weight is 316 g/mol. The van der Waals surface area contributed by atoms with Crippen LogP contribution in [0.4, 0.5) is 5.69 Å². The Morgan fingerprint density at radius 3 is 2.73 bits per heavy atom. The first-order valence-electron chi connectivity index (χ1n) is 6.94. The van der Waals surface area contributed by atoms with Crippen molar-refractivity contribution in [2.24, 2.45) is 5.10 Å². The lowest BCUT2D eigenvalue weighted by Gasteiger charge is -2.06. The number of hydrazone groups is 1. The van der Waals surface area contributed by atoms with Crippen molar-refractivity contribution in [2.75, 3.05) is 11.9 Å². The van der Waals surface area contributed by atoms with E-state index in [-0.39, 0.29) is 12.5 Å². The molecule has 0 unspecified atom stereocenters. The normalized spacial score (nSPS) is 10.7. The zero-order chi connectivity index (χ0) is 15.9. The molecule has 4 nitrogen and oxygen atoms in total. The first kappa shape index (κ1) is 16.0. The van der Waals surface area contributed by atoms with Gasteiger partial charge in [-0.1, -0.05) is 47.5 Å². The Bertz CT molecular complexity index is 698. The van der Waals surface area contributed by atoms with Crippen LogP contribution in [0.25, 0.3) is 0 Å². The molecule has 0 aliphatic rings. The van der Waals surface area contributed by atoms with Gasteiger partial charge in [0, 0.05) is 0 Å². The largest absolute Gasteiger partial charge is 0.375 e. The first-order chi connectivity index (χ1) is 10.6. The lowest BCUT2D eigenvalue weighted by molar-refractivity contribution is -0.119. The van der Waals surface area contributed by atoms with E-state index in [1.165, 1.54) is 5.56 Å². The third-order valence-electron chi connectivity index (χ3n) is 3.13. The van der Waals surface area contributed by atoms with Gasteiger partial charge in [-0.15, -0.1) is 0 Å². The van der Waals surface area contributed by atoms with Gasteiger partial charge in [-0.05, 0) is 37.1 Å². The number of nitrogens with one attached hydrogen (secondary N) is 2. The summed E-state index contributed by atoms with van der Waals surface area (Å²) in [5.74, 6) is -0.235. The van der Waals surface area contributed by atoms with Crippen LogP contribution in [0.1, 0.15) is 16.7 Å². The van der Waals surface area contributed by atoms with Crippen molar-refractivity contribution in [3.63, 3.8) is 0 Å². The Balaban J connectivity index is 1.85. The van der Waals surface area contributed by atoms with Crippen molar-refractivity contribution < 1.29 is 4.79 Å². The van der Waals surface area contributed by atoms with E-state index in [9.17, 15) is 4.79 Å². The van der Waals surface area contributed by atoms with Gasteiger partial charge in [-0.3, -0.25) is 4.79 Å².